The number of hydrogen-bond donors (Lipinski definition) is 2. The van der Waals surface area contributed by atoms with E-state index in [9.17, 15) is 14.4 Å². The van der Waals surface area contributed by atoms with Crippen molar-refractivity contribution in [1.29, 1.82) is 0 Å². The fraction of sp³-hybridized carbons (Fsp3) is 0.118. The van der Waals surface area contributed by atoms with Gasteiger partial charge < -0.3 is 10.6 Å². The number of carbonyl (C=O) groups is 3. The molecule has 2 aromatic rings. The molecule has 2 aromatic carbocycles. The lowest BCUT2D eigenvalue weighted by Crippen LogP contribution is -2.39. The Hall–Kier alpha value is -2.57. The van der Waals surface area contributed by atoms with E-state index in [1.807, 2.05) is 0 Å². The van der Waals surface area contributed by atoms with Gasteiger partial charge in [-0.2, -0.15) is 0 Å². The number of benzene rings is 2. The number of rotatable bonds is 4. The smallest absolute Gasteiger partial charge is 0.319 e. The van der Waals surface area contributed by atoms with Crippen molar-refractivity contribution in [2.45, 2.75) is 0 Å². The lowest BCUT2D eigenvalue weighted by molar-refractivity contribution is 0.0656. The number of amides is 4. The van der Waals surface area contributed by atoms with Crippen LogP contribution >= 0.6 is 23.2 Å². The van der Waals surface area contributed by atoms with Gasteiger partial charge in [0.1, 0.15) is 0 Å². The highest BCUT2D eigenvalue weighted by Gasteiger charge is 2.34. The van der Waals surface area contributed by atoms with Crippen LogP contribution in [0.15, 0.2) is 42.5 Å². The van der Waals surface area contributed by atoms with Crippen LogP contribution in [0.4, 0.5) is 10.5 Å². The van der Waals surface area contributed by atoms with Crippen molar-refractivity contribution in [2.24, 2.45) is 0 Å². The van der Waals surface area contributed by atoms with E-state index >= 15 is 0 Å². The summed E-state index contributed by atoms with van der Waals surface area (Å²) in [7, 11) is 0. The molecule has 8 heteroatoms. The van der Waals surface area contributed by atoms with E-state index in [0.717, 1.165) is 4.90 Å². The Morgan fingerprint density at radius 3 is 2.04 bits per heavy atom. The van der Waals surface area contributed by atoms with Crippen LogP contribution < -0.4 is 10.6 Å². The first-order valence-electron chi connectivity index (χ1n) is 7.43. The molecule has 0 atom stereocenters. The Morgan fingerprint density at radius 2 is 1.48 bits per heavy atom. The Labute approximate surface area is 153 Å². The molecule has 128 valence electrons. The highest BCUT2D eigenvalue weighted by atomic mass is 35.5. The highest BCUT2D eigenvalue weighted by Crippen LogP contribution is 2.29. The summed E-state index contributed by atoms with van der Waals surface area (Å²) in [5.41, 5.74) is 1.05. The van der Waals surface area contributed by atoms with E-state index < -0.39 is 6.03 Å². The number of para-hydroxylation sites is 1. The first kappa shape index (κ1) is 17.3. The van der Waals surface area contributed by atoms with Crippen molar-refractivity contribution in [2.75, 3.05) is 18.4 Å². The van der Waals surface area contributed by atoms with Crippen molar-refractivity contribution >= 4 is 46.7 Å². The predicted molar refractivity (Wildman–Crippen MR) is 95.3 cm³/mol. The number of urea groups is 1. The standard InChI is InChI=1S/C17H13Cl2N3O3/c18-12-6-3-7-13(19)14(12)21-17(25)20-8-9-22-15(23)10-4-1-2-5-11(10)16(22)24/h1-7H,8-9H2,(H2,20,21,25). The van der Waals surface area contributed by atoms with E-state index in [0.29, 0.717) is 26.9 Å². The molecule has 2 N–H and O–H groups in total. The summed E-state index contributed by atoms with van der Waals surface area (Å²) in [6.07, 6.45) is 0. The van der Waals surface area contributed by atoms with Crippen molar-refractivity contribution in [3.63, 3.8) is 0 Å². The van der Waals surface area contributed by atoms with Crippen LogP contribution in [0.1, 0.15) is 20.7 Å². The average Bonchev–Trinajstić information content (AvgIpc) is 2.84. The number of carbonyl (C=O) groups excluding carboxylic acids is 3. The van der Waals surface area contributed by atoms with Crippen LogP contribution in [-0.4, -0.2) is 35.8 Å². The van der Waals surface area contributed by atoms with Gasteiger partial charge in [-0.1, -0.05) is 41.4 Å². The first-order chi connectivity index (χ1) is 12.0. The van der Waals surface area contributed by atoms with Gasteiger partial charge >= 0.3 is 6.03 Å². The third-order valence-electron chi connectivity index (χ3n) is 3.70. The topological polar surface area (TPSA) is 78.5 Å². The largest absolute Gasteiger partial charge is 0.336 e. The van der Waals surface area contributed by atoms with Crippen molar-refractivity contribution in [1.82, 2.24) is 10.2 Å². The van der Waals surface area contributed by atoms with Gasteiger partial charge in [-0.25, -0.2) is 4.79 Å². The zero-order valence-electron chi connectivity index (χ0n) is 12.9. The molecule has 0 radical (unpaired) electrons. The molecule has 0 saturated carbocycles. The molecule has 0 aliphatic carbocycles. The molecular formula is C17H13Cl2N3O3. The molecule has 0 unspecified atom stereocenters. The summed E-state index contributed by atoms with van der Waals surface area (Å²) in [6, 6.07) is 10.9. The van der Waals surface area contributed by atoms with E-state index in [2.05, 4.69) is 10.6 Å². The Morgan fingerprint density at radius 1 is 0.920 bits per heavy atom. The van der Waals surface area contributed by atoms with Gasteiger partial charge in [0.05, 0.1) is 26.9 Å². The van der Waals surface area contributed by atoms with Gasteiger partial charge in [0.2, 0.25) is 0 Å². The van der Waals surface area contributed by atoms with Gasteiger partial charge in [-0.15, -0.1) is 0 Å². The third kappa shape index (κ3) is 3.45. The molecule has 1 heterocycles. The maximum atomic E-state index is 12.2. The summed E-state index contributed by atoms with van der Waals surface area (Å²) in [5, 5.41) is 5.72. The van der Waals surface area contributed by atoms with Crippen LogP contribution in [0.25, 0.3) is 0 Å². The molecule has 1 aliphatic rings. The van der Waals surface area contributed by atoms with Crippen molar-refractivity contribution in [3.8, 4) is 0 Å². The number of imide groups is 1. The van der Waals surface area contributed by atoms with Gasteiger partial charge in [0.15, 0.2) is 0 Å². The molecule has 25 heavy (non-hydrogen) atoms. The first-order valence-corrected chi connectivity index (χ1v) is 8.18. The van der Waals surface area contributed by atoms with Crippen LogP contribution in [-0.2, 0) is 0 Å². The Balaban J connectivity index is 1.56. The zero-order valence-corrected chi connectivity index (χ0v) is 14.4. The van der Waals surface area contributed by atoms with Crippen LogP contribution in [0, 0.1) is 0 Å². The average molecular weight is 378 g/mol. The van der Waals surface area contributed by atoms with Crippen molar-refractivity contribution < 1.29 is 14.4 Å². The number of nitrogens with one attached hydrogen (secondary N) is 2. The fourth-order valence-corrected chi connectivity index (χ4v) is 2.99. The summed E-state index contributed by atoms with van der Waals surface area (Å²) in [6.45, 7) is 0.162. The summed E-state index contributed by atoms with van der Waals surface area (Å²) < 4.78 is 0. The lowest BCUT2D eigenvalue weighted by Gasteiger charge is -2.15. The molecule has 0 saturated heterocycles. The van der Waals surface area contributed by atoms with Gasteiger partial charge in [-0.05, 0) is 24.3 Å². The van der Waals surface area contributed by atoms with Crippen LogP contribution in [0.2, 0.25) is 10.0 Å². The van der Waals surface area contributed by atoms with E-state index in [-0.39, 0.29) is 24.9 Å². The van der Waals surface area contributed by atoms with E-state index in [1.54, 1.807) is 42.5 Å². The molecular weight excluding hydrogens is 365 g/mol. The molecule has 0 bridgehead atoms. The Bertz CT molecular complexity index is 815. The van der Waals surface area contributed by atoms with Gasteiger partial charge in [0.25, 0.3) is 11.8 Å². The minimum absolute atomic E-state index is 0.0655. The third-order valence-corrected chi connectivity index (χ3v) is 4.33. The normalized spacial score (nSPS) is 13.0. The fourth-order valence-electron chi connectivity index (χ4n) is 2.50. The predicted octanol–water partition coefficient (Wildman–Crippen LogP) is 3.41. The molecule has 4 amide bonds. The summed E-state index contributed by atoms with van der Waals surface area (Å²) >= 11 is 12.0. The monoisotopic (exact) mass is 377 g/mol. The highest BCUT2D eigenvalue weighted by molar-refractivity contribution is 6.39. The maximum Gasteiger partial charge on any atom is 0.319 e. The lowest BCUT2D eigenvalue weighted by atomic mass is 10.1. The van der Waals surface area contributed by atoms with Gasteiger partial charge in [-0.3, -0.25) is 14.5 Å². The van der Waals surface area contributed by atoms with Crippen molar-refractivity contribution in [3.05, 3.63) is 63.6 Å². The zero-order chi connectivity index (χ0) is 18.0. The minimum Gasteiger partial charge on any atom is -0.336 e. The van der Waals surface area contributed by atoms with Crippen LogP contribution in [0.3, 0.4) is 0 Å². The minimum atomic E-state index is -0.536. The second-order valence-electron chi connectivity index (χ2n) is 5.29. The number of nitrogens with zero attached hydrogens (tertiary/aromatic N) is 1. The number of hydrogen-bond acceptors (Lipinski definition) is 3. The Kier molecular flexibility index (Phi) is 4.92. The SMILES string of the molecule is O=C(NCCN1C(=O)c2ccccc2C1=O)Nc1c(Cl)cccc1Cl. The maximum absolute atomic E-state index is 12.2. The molecule has 6 nitrogen and oxygen atoms in total. The summed E-state index contributed by atoms with van der Waals surface area (Å²) in [5.74, 6) is -0.728. The molecule has 3 rings (SSSR count). The van der Waals surface area contributed by atoms with Crippen LogP contribution in [0.5, 0.6) is 0 Å². The second-order valence-corrected chi connectivity index (χ2v) is 6.10. The molecule has 0 spiro atoms. The second kappa shape index (κ2) is 7.13. The number of anilines is 1. The molecule has 0 aromatic heterocycles. The quantitative estimate of drug-likeness (QED) is 0.801. The van der Waals surface area contributed by atoms with E-state index in [4.69, 9.17) is 23.2 Å². The molecule has 1 aliphatic heterocycles. The molecule has 0 fully saturated rings. The number of fused-ring (bicyclic) bond motifs is 1. The number of halogens is 2. The van der Waals surface area contributed by atoms with Gasteiger partial charge in [0, 0.05) is 13.1 Å². The van der Waals surface area contributed by atoms with E-state index in [1.165, 1.54) is 0 Å². The summed E-state index contributed by atoms with van der Waals surface area (Å²) in [4.78, 5) is 37.5.